The van der Waals surface area contributed by atoms with Crippen molar-refractivity contribution < 1.29 is 13.9 Å². The highest BCUT2D eigenvalue weighted by atomic mass is 19.1. The van der Waals surface area contributed by atoms with Gasteiger partial charge in [-0.3, -0.25) is 4.79 Å². The van der Waals surface area contributed by atoms with Crippen LogP contribution in [0.5, 0.6) is 0 Å². The largest absolute Gasteiger partial charge is 0.464 e. The fourth-order valence-corrected chi connectivity index (χ4v) is 4.56. The number of ether oxygens (including phenoxy) is 1. The number of esters is 1. The van der Waals surface area contributed by atoms with Crippen molar-refractivity contribution in [2.75, 3.05) is 26.2 Å². The molecule has 0 saturated carbocycles. The molecule has 0 amide bonds. The number of nitrogens with zero attached hydrogens (tertiary/aromatic N) is 1. The molecule has 1 aliphatic carbocycles. The van der Waals surface area contributed by atoms with Crippen molar-refractivity contribution in [3.63, 3.8) is 0 Å². The quantitative estimate of drug-likeness (QED) is 0.524. The van der Waals surface area contributed by atoms with E-state index in [0.717, 1.165) is 25.2 Å². The standard InChI is InChI=1S/C26H28FNO2/c1-3-28(4-2)13-14-30-25(29)26(23-9-11-24(27)12-10-23)17-21-15-19-7-5-6-8-20(19)16-22(21)18-26/h5-12,15-16H,3-4,13-14,17-18H2,1-2H3. The summed E-state index contributed by atoms with van der Waals surface area (Å²) in [7, 11) is 0. The average molecular weight is 406 g/mol. The van der Waals surface area contributed by atoms with Crippen LogP contribution >= 0.6 is 0 Å². The van der Waals surface area contributed by atoms with Crippen LogP contribution in [-0.4, -0.2) is 37.1 Å². The highest BCUT2D eigenvalue weighted by Crippen LogP contribution is 2.42. The van der Waals surface area contributed by atoms with Gasteiger partial charge < -0.3 is 9.64 Å². The van der Waals surface area contributed by atoms with E-state index in [0.29, 0.717) is 19.4 Å². The SMILES string of the molecule is CCN(CC)CCOC(=O)C1(c2ccc(F)cc2)Cc2cc3ccccc3cc2C1. The molecule has 0 saturated heterocycles. The maximum absolute atomic E-state index is 13.6. The van der Waals surface area contributed by atoms with Gasteiger partial charge in [0.1, 0.15) is 17.8 Å². The monoisotopic (exact) mass is 405 g/mol. The average Bonchev–Trinajstić information content (AvgIpc) is 3.15. The Bertz CT molecular complexity index is 996. The highest BCUT2D eigenvalue weighted by Gasteiger charge is 2.46. The molecule has 3 aromatic rings. The van der Waals surface area contributed by atoms with E-state index in [1.165, 1.54) is 34.0 Å². The number of hydrogen-bond acceptors (Lipinski definition) is 3. The summed E-state index contributed by atoms with van der Waals surface area (Å²) in [6, 6.07) is 18.9. The minimum absolute atomic E-state index is 0.221. The summed E-state index contributed by atoms with van der Waals surface area (Å²) >= 11 is 0. The fourth-order valence-electron chi connectivity index (χ4n) is 4.56. The number of carbonyl (C=O) groups is 1. The molecule has 0 aromatic heterocycles. The van der Waals surface area contributed by atoms with Crippen molar-refractivity contribution >= 4 is 16.7 Å². The molecule has 4 rings (SSSR count). The molecule has 0 N–H and O–H groups in total. The van der Waals surface area contributed by atoms with Crippen molar-refractivity contribution in [3.05, 3.63) is 83.2 Å². The zero-order chi connectivity index (χ0) is 21.1. The van der Waals surface area contributed by atoms with Gasteiger partial charge in [-0.1, -0.05) is 62.4 Å². The molecule has 156 valence electrons. The molecule has 0 heterocycles. The Morgan fingerprint density at radius 2 is 1.53 bits per heavy atom. The molecule has 0 aliphatic heterocycles. The van der Waals surface area contributed by atoms with Gasteiger partial charge in [-0.05, 0) is 65.5 Å². The lowest BCUT2D eigenvalue weighted by Crippen LogP contribution is -2.40. The van der Waals surface area contributed by atoms with E-state index < -0.39 is 5.41 Å². The summed E-state index contributed by atoms with van der Waals surface area (Å²) in [5.74, 6) is -0.522. The van der Waals surface area contributed by atoms with E-state index in [-0.39, 0.29) is 11.8 Å². The molecule has 3 aromatic carbocycles. The third kappa shape index (κ3) is 3.84. The number of halogens is 1. The molecule has 0 atom stereocenters. The zero-order valence-corrected chi connectivity index (χ0v) is 17.7. The Morgan fingerprint density at radius 3 is 2.07 bits per heavy atom. The Kier molecular flexibility index (Phi) is 5.87. The van der Waals surface area contributed by atoms with Crippen molar-refractivity contribution in [1.82, 2.24) is 4.90 Å². The van der Waals surface area contributed by atoms with Crippen LogP contribution in [0.25, 0.3) is 10.8 Å². The van der Waals surface area contributed by atoms with E-state index in [4.69, 9.17) is 4.74 Å². The summed E-state index contributed by atoms with van der Waals surface area (Å²) in [6.07, 6.45) is 1.14. The molecule has 1 aliphatic rings. The molecule has 0 bridgehead atoms. The van der Waals surface area contributed by atoms with E-state index >= 15 is 0 Å². The number of rotatable bonds is 7. The lowest BCUT2D eigenvalue weighted by atomic mass is 9.77. The number of likely N-dealkylation sites (N-methyl/N-ethyl adjacent to an activating group) is 1. The fraction of sp³-hybridized carbons (Fsp3) is 0.346. The molecule has 0 radical (unpaired) electrons. The van der Waals surface area contributed by atoms with Gasteiger partial charge in [0, 0.05) is 6.54 Å². The van der Waals surface area contributed by atoms with Crippen LogP contribution in [0, 0.1) is 5.82 Å². The lowest BCUT2D eigenvalue weighted by Gasteiger charge is -2.28. The maximum atomic E-state index is 13.6. The lowest BCUT2D eigenvalue weighted by molar-refractivity contribution is -0.150. The molecular weight excluding hydrogens is 377 g/mol. The molecular formula is C26H28FNO2. The van der Waals surface area contributed by atoms with Crippen molar-refractivity contribution in [2.24, 2.45) is 0 Å². The first-order chi connectivity index (χ1) is 14.6. The number of hydrogen-bond donors (Lipinski definition) is 0. The van der Waals surface area contributed by atoms with E-state index in [1.54, 1.807) is 12.1 Å². The number of benzene rings is 3. The third-order valence-electron chi connectivity index (χ3n) is 6.38. The number of fused-ring (bicyclic) bond motifs is 2. The molecule has 0 fully saturated rings. The van der Waals surface area contributed by atoms with Crippen LogP contribution < -0.4 is 0 Å². The summed E-state index contributed by atoms with van der Waals surface area (Å²) < 4.78 is 19.4. The predicted molar refractivity (Wildman–Crippen MR) is 118 cm³/mol. The Morgan fingerprint density at radius 1 is 0.967 bits per heavy atom. The Balaban J connectivity index is 1.66. The zero-order valence-electron chi connectivity index (χ0n) is 17.7. The Labute approximate surface area is 177 Å². The van der Waals surface area contributed by atoms with Gasteiger partial charge >= 0.3 is 5.97 Å². The van der Waals surface area contributed by atoms with Gasteiger partial charge in [0.2, 0.25) is 0 Å². The van der Waals surface area contributed by atoms with Gasteiger partial charge in [0.15, 0.2) is 0 Å². The second kappa shape index (κ2) is 8.57. The van der Waals surface area contributed by atoms with Crippen LogP contribution in [0.1, 0.15) is 30.5 Å². The topological polar surface area (TPSA) is 29.5 Å². The van der Waals surface area contributed by atoms with E-state index in [9.17, 15) is 9.18 Å². The number of carbonyl (C=O) groups excluding carboxylic acids is 1. The third-order valence-corrected chi connectivity index (χ3v) is 6.38. The van der Waals surface area contributed by atoms with Crippen LogP contribution in [0.2, 0.25) is 0 Å². The van der Waals surface area contributed by atoms with Gasteiger partial charge in [-0.15, -0.1) is 0 Å². The summed E-state index contributed by atoms with van der Waals surface area (Å²) in [5.41, 5.74) is 2.34. The first-order valence-corrected chi connectivity index (χ1v) is 10.7. The summed E-state index contributed by atoms with van der Waals surface area (Å²) in [4.78, 5) is 15.7. The van der Waals surface area contributed by atoms with Crippen molar-refractivity contribution in [3.8, 4) is 0 Å². The molecule has 0 spiro atoms. The second-order valence-electron chi connectivity index (χ2n) is 8.07. The van der Waals surface area contributed by atoms with E-state index in [2.05, 4.69) is 43.0 Å². The van der Waals surface area contributed by atoms with Crippen LogP contribution in [0.3, 0.4) is 0 Å². The summed E-state index contributed by atoms with van der Waals surface area (Å²) in [6.45, 7) is 7.13. The first-order valence-electron chi connectivity index (χ1n) is 10.7. The van der Waals surface area contributed by atoms with Crippen LogP contribution in [0.15, 0.2) is 60.7 Å². The van der Waals surface area contributed by atoms with Crippen LogP contribution in [-0.2, 0) is 27.8 Å². The normalized spacial score (nSPS) is 14.8. The van der Waals surface area contributed by atoms with Gasteiger partial charge in [0.25, 0.3) is 0 Å². The predicted octanol–water partition coefficient (Wildman–Crippen LogP) is 4.90. The first kappa shape index (κ1) is 20.5. The van der Waals surface area contributed by atoms with Crippen LogP contribution in [0.4, 0.5) is 4.39 Å². The van der Waals surface area contributed by atoms with Gasteiger partial charge in [-0.2, -0.15) is 0 Å². The maximum Gasteiger partial charge on any atom is 0.317 e. The van der Waals surface area contributed by atoms with Crippen molar-refractivity contribution in [1.29, 1.82) is 0 Å². The highest BCUT2D eigenvalue weighted by molar-refractivity contribution is 5.89. The molecule has 0 unspecified atom stereocenters. The van der Waals surface area contributed by atoms with Gasteiger partial charge in [0.05, 0.1) is 0 Å². The smallest absolute Gasteiger partial charge is 0.317 e. The summed E-state index contributed by atoms with van der Waals surface area (Å²) in [5, 5.41) is 2.34. The Hall–Kier alpha value is -2.72. The minimum Gasteiger partial charge on any atom is -0.464 e. The van der Waals surface area contributed by atoms with E-state index in [1.807, 2.05) is 12.1 Å². The minimum atomic E-state index is -0.809. The molecule has 4 heteroatoms. The molecule has 3 nitrogen and oxygen atoms in total. The second-order valence-corrected chi connectivity index (χ2v) is 8.07. The van der Waals surface area contributed by atoms with Gasteiger partial charge in [-0.25, -0.2) is 4.39 Å². The van der Waals surface area contributed by atoms with Crippen molar-refractivity contribution in [2.45, 2.75) is 32.1 Å². The molecule has 30 heavy (non-hydrogen) atoms.